The highest BCUT2D eigenvalue weighted by molar-refractivity contribution is 5.89. The molecule has 9 atom stereocenters. The van der Waals surface area contributed by atoms with Gasteiger partial charge >= 0.3 is 5.97 Å². The first-order chi connectivity index (χ1) is 20.3. The monoisotopic (exact) mass is 588 g/mol. The van der Waals surface area contributed by atoms with Crippen molar-refractivity contribution in [2.24, 2.45) is 62.9 Å². The van der Waals surface area contributed by atoms with Crippen LogP contribution in [0.15, 0.2) is 30.3 Å². The maximum atomic E-state index is 12.1. The fraction of sp³-hybridized carbons (Fsp3) is 0.769. The summed E-state index contributed by atoms with van der Waals surface area (Å²) >= 11 is 0. The van der Waals surface area contributed by atoms with E-state index in [4.69, 9.17) is 10.5 Å². The van der Waals surface area contributed by atoms with Crippen LogP contribution in [0.4, 0.5) is 0 Å². The third-order valence-electron chi connectivity index (χ3n) is 15.2. The summed E-state index contributed by atoms with van der Waals surface area (Å²) in [6.07, 6.45) is 14.6. The zero-order chi connectivity index (χ0) is 31.0. The Hall–Kier alpha value is -1.65. The van der Waals surface area contributed by atoms with E-state index in [1.54, 1.807) is 0 Å². The molecule has 1 aromatic rings. The molecule has 0 aliphatic heterocycles. The van der Waals surface area contributed by atoms with E-state index >= 15 is 0 Å². The minimum atomic E-state index is -0.265. The molecule has 6 rings (SSSR count). The third-order valence-corrected chi connectivity index (χ3v) is 15.2. The van der Waals surface area contributed by atoms with Gasteiger partial charge in [0.1, 0.15) is 0 Å². The van der Waals surface area contributed by atoms with Crippen LogP contribution in [-0.4, -0.2) is 31.7 Å². The summed E-state index contributed by atoms with van der Waals surface area (Å²) in [6, 6.07) is 8.15. The van der Waals surface area contributed by atoms with Gasteiger partial charge in [-0.3, -0.25) is 0 Å². The van der Waals surface area contributed by atoms with E-state index in [0.717, 1.165) is 49.1 Å². The van der Waals surface area contributed by atoms with Crippen molar-refractivity contribution in [1.82, 2.24) is 5.32 Å². The van der Waals surface area contributed by atoms with Gasteiger partial charge < -0.3 is 15.8 Å². The van der Waals surface area contributed by atoms with Crippen LogP contribution in [0.3, 0.4) is 0 Å². The van der Waals surface area contributed by atoms with E-state index in [9.17, 15) is 4.79 Å². The van der Waals surface area contributed by atoms with E-state index in [2.05, 4.69) is 72.0 Å². The second-order valence-corrected chi connectivity index (χ2v) is 17.1. The van der Waals surface area contributed by atoms with Crippen LogP contribution in [0.5, 0.6) is 0 Å². The van der Waals surface area contributed by atoms with Gasteiger partial charge in [-0.15, -0.1) is 0 Å². The highest BCUT2D eigenvalue weighted by Crippen LogP contribution is 2.76. The Kier molecular flexibility index (Phi) is 7.81. The Morgan fingerprint density at radius 2 is 1.65 bits per heavy atom. The summed E-state index contributed by atoms with van der Waals surface area (Å²) in [5, 5.41) is 4.10. The minimum Gasteiger partial charge on any atom is -0.465 e. The Balaban J connectivity index is 1.33. The van der Waals surface area contributed by atoms with Crippen LogP contribution in [0.1, 0.15) is 122 Å². The molecular weight excluding hydrogens is 528 g/mol. The number of nitrogens with one attached hydrogen (secondary N) is 1. The predicted octanol–water partition coefficient (Wildman–Crippen LogP) is 8.50. The molecule has 4 nitrogen and oxygen atoms in total. The number of rotatable bonds is 6. The molecule has 3 N–H and O–H groups in total. The number of fused-ring (bicyclic) bond motifs is 7. The first-order valence-electron chi connectivity index (χ1n) is 17.6. The molecule has 0 heterocycles. The molecular formula is C39H60N2O2. The molecule has 5 aliphatic rings. The lowest BCUT2D eigenvalue weighted by molar-refractivity contribution is -0.221. The van der Waals surface area contributed by atoms with Crippen LogP contribution >= 0.6 is 0 Å². The zero-order valence-corrected chi connectivity index (χ0v) is 28.5. The molecule has 0 radical (unpaired) electrons. The van der Waals surface area contributed by atoms with Gasteiger partial charge in [-0.25, -0.2) is 4.79 Å². The predicted molar refractivity (Wildman–Crippen MR) is 177 cm³/mol. The average Bonchev–Trinajstić information content (AvgIpc) is 3.36. The minimum absolute atomic E-state index is 0.0842. The third kappa shape index (κ3) is 4.38. The number of methoxy groups -OCH3 is 1. The van der Waals surface area contributed by atoms with Crippen molar-refractivity contribution in [2.75, 3.05) is 20.2 Å². The molecule has 0 amide bonds. The number of ether oxygens (including phenoxy) is 1. The van der Waals surface area contributed by atoms with Crippen molar-refractivity contribution >= 4 is 11.5 Å². The number of carbonyl (C=O) groups is 1. The van der Waals surface area contributed by atoms with Crippen molar-refractivity contribution in [2.45, 2.75) is 112 Å². The van der Waals surface area contributed by atoms with Crippen LogP contribution in [0.25, 0.3) is 5.57 Å². The number of nitrogens with two attached hydrogens (primary N) is 1. The average molecular weight is 589 g/mol. The van der Waals surface area contributed by atoms with E-state index in [1.165, 1.54) is 69.6 Å². The maximum Gasteiger partial charge on any atom is 0.337 e. The van der Waals surface area contributed by atoms with Gasteiger partial charge in [0.2, 0.25) is 0 Å². The molecule has 0 spiro atoms. The summed E-state index contributed by atoms with van der Waals surface area (Å²) < 4.78 is 4.95. The zero-order valence-electron chi connectivity index (χ0n) is 28.5. The van der Waals surface area contributed by atoms with Crippen LogP contribution in [0, 0.1) is 57.2 Å². The molecule has 4 heteroatoms. The van der Waals surface area contributed by atoms with E-state index < -0.39 is 0 Å². The van der Waals surface area contributed by atoms with Crippen molar-refractivity contribution in [1.29, 1.82) is 0 Å². The Morgan fingerprint density at radius 1 is 0.930 bits per heavy atom. The van der Waals surface area contributed by atoms with Crippen LogP contribution in [0.2, 0.25) is 0 Å². The lowest BCUT2D eigenvalue weighted by Crippen LogP contribution is -2.68. The largest absolute Gasteiger partial charge is 0.465 e. The highest BCUT2D eigenvalue weighted by atomic mass is 16.5. The number of hydrogen-bond donors (Lipinski definition) is 2. The van der Waals surface area contributed by atoms with Gasteiger partial charge in [-0.2, -0.15) is 0 Å². The quantitative estimate of drug-likeness (QED) is 0.327. The van der Waals surface area contributed by atoms with E-state index in [-0.39, 0.29) is 11.4 Å². The molecule has 1 aromatic carbocycles. The van der Waals surface area contributed by atoms with Crippen molar-refractivity contribution in [3.8, 4) is 0 Å². The topological polar surface area (TPSA) is 64.3 Å². The highest BCUT2D eigenvalue weighted by Gasteiger charge is 2.70. The summed E-state index contributed by atoms with van der Waals surface area (Å²) in [5.74, 6) is 4.30. The lowest BCUT2D eigenvalue weighted by atomic mass is 9.33. The summed E-state index contributed by atoms with van der Waals surface area (Å²) in [6.45, 7) is 19.9. The number of carbonyl (C=O) groups excluding carboxylic acids is 1. The van der Waals surface area contributed by atoms with Crippen molar-refractivity contribution in [3.05, 3.63) is 41.5 Å². The van der Waals surface area contributed by atoms with Gasteiger partial charge in [0, 0.05) is 18.6 Å². The van der Waals surface area contributed by atoms with Crippen molar-refractivity contribution in [3.63, 3.8) is 0 Å². The fourth-order valence-corrected chi connectivity index (χ4v) is 13.0. The number of esters is 1. The molecule has 238 valence electrons. The van der Waals surface area contributed by atoms with E-state index in [0.29, 0.717) is 33.3 Å². The summed E-state index contributed by atoms with van der Waals surface area (Å²) in [7, 11) is 1.45. The molecule has 4 saturated carbocycles. The van der Waals surface area contributed by atoms with Crippen LogP contribution < -0.4 is 11.1 Å². The lowest BCUT2D eigenvalue weighted by Gasteiger charge is -2.72. The first-order valence-corrected chi connectivity index (χ1v) is 17.6. The number of hydrogen-bond acceptors (Lipinski definition) is 4. The van der Waals surface area contributed by atoms with Gasteiger partial charge in [0.15, 0.2) is 0 Å². The smallest absolute Gasteiger partial charge is 0.337 e. The van der Waals surface area contributed by atoms with Gasteiger partial charge in [-0.1, -0.05) is 66.7 Å². The normalized spacial score (nSPS) is 43.2. The Labute approximate surface area is 262 Å². The molecule has 0 aromatic heterocycles. The summed E-state index contributed by atoms with van der Waals surface area (Å²) in [4.78, 5) is 12.1. The maximum absolute atomic E-state index is 12.1. The van der Waals surface area contributed by atoms with Gasteiger partial charge in [0.25, 0.3) is 0 Å². The Morgan fingerprint density at radius 3 is 2.30 bits per heavy atom. The molecule has 0 unspecified atom stereocenters. The standard InChI is InChI=1S/C39H60N2O2/c1-25(2)28-15-20-39(41-24-23-40)22-21-37(6)30(33(28)39)13-14-32-36(5)18-16-29(26-9-11-27(12-10-26)34(42)43-8)35(3,4)31(36)17-19-38(32,37)7/h9-12,16,25,28,30-33,41H,13-15,17-24,40H2,1-8H3/t28-,30+,31-,32+,33+,36-,37+,38+,39-/m0/s1. The van der Waals surface area contributed by atoms with E-state index in [1.807, 2.05) is 12.1 Å². The van der Waals surface area contributed by atoms with Crippen molar-refractivity contribution < 1.29 is 9.53 Å². The second kappa shape index (κ2) is 10.7. The van der Waals surface area contributed by atoms with Crippen LogP contribution in [-0.2, 0) is 4.74 Å². The molecule has 0 bridgehead atoms. The SMILES string of the molecule is COC(=O)c1ccc(C2=CC[C@]3(C)[C@H]4CC[C@@H]5[C@H]6[C@H](C(C)C)CC[C@]6(NCCN)CC[C@@]5(C)[C@]4(C)CC[C@H]3C2(C)C)cc1. The second-order valence-electron chi connectivity index (χ2n) is 17.1. The first kappa shape index (κ1) is 31.3. The van der Waals surface area contributed by atoms with Gasteiger partial charge in [0.05, 0.1) is 12.7 Å². The number of allylic oxidation sites excluding steroid dienone is 2. The van der Waals surface area contributed by atoms with Gasteiger partial charge in [-0.05, 0) is 138 Å². The fourth-order valence-electron chi connectivity index (χ4n) is 13.0. The molecule has 5 aliphatic carbocycles. The molecule has 0 saturated heterocycles. The Bertz CT molecular complexity index is 1250. The molecule has 43 heavy (non-hydrogen) atoms. The number of benzene rings is 1. The molecule has 4 fully saturated rings. The summed E-state index contributed by atoms with van der Waals surface area (Å²) in [5.41, 5.74) is 10.9.